The van der Waals surface area contributed by atoms with Gasteiger partial charge < -0.3 is 10.6 Å². The average Bonchev–Trinajstić information content (AvgIpc) is 2.37. The smallest absolute Gasteiger partial charge is 0.244 e. The van der Waals surface area contributed by atoms with Crippen molar-refractivity contribution in [3.63, 3.8) is 0 Å². The molecule has 0 saturated carbocycles. The normalized spacial score (nSPS) is 12.3. The standard InChI is InChI=1S/C14H24ClN3O2S/c1-11(2)18(3)10-5-4-9-17-21(19,20)14-12(15)7-6-8-13(14)16/h6-8,11,17H,4-5,9-10,16H2,1-3H3. The van der Waals surface area contributed by atoms with Gasteiger partial charge in [0.15, 0.2) is 0 Å². The van der Waals surface area contributed by atoms with Crippen molar-refractivity contribution in [1.82, 2.24) is 9.62 Å². The molecular formula is C14H24ClN3O2S. The third-order valence-corrected chi connectivity index (χ3v) is 5.38. The van der Waals surface area contributed by atoms with Crippen molar-refractivity contribution in [2.24, 2.45) is 0 Å². The van der Waals surface area contributed by atoms with Crippen LogP contribution in [0.2, 0.25) is 5.02 Å². The second kappa shape index (κ2) is 7.98. The number of nitrogens with one attached hydrogen (secondary N) is 1. The minimum absolute atomic E-state index is 0.0361. The molecule has 0 bridgehead atoms. The van der Waals surface area contributed by atoms with Gasteiger partial charge in [0, 0.05) is 12.6 Å². The van der Waals surface area contributed by atoms with Crippen molar-refractivity contribution in [3.05, 3.63) is 23.2 Å². The number of nitrogen functional groups attached to an aromatic ring is 1. The minimum atomic E-state index is -3.66. The Hall–Kier alpha value is -0.820. The van der Waals surface area contributed by atoms with Gasteiger partial charge in [-0.05, 0) is 52.4 Å². The Labute approximate surface area is 132 Å². The average molecular weight is 334 g/mol. The summed E-state index contributed by atoms with van der Waals surface area (Å²) < 4.78 is 26.9. The number of hydrogen-bond donors (Lipinski definition) is 2. The Bertz CT molecular complexity index is 541. The van der Waals surface area contributed by atoms with Gasteiger partial charge >= 0.3 is 0 Å². The Morgan fingerprint density at radius 2 is 2.00 bits per heavy atom. The lowest BCUT2D eigenvalue weighted by Gasteiger charge is -2.20. The minimum Gasteiger partial charge on any atom is -0.398 e. The number of sulfonamides is 1. The highest BCUT2D eigenvalue weighted by molar-refractivity contribution is 7.89. The summed E-state index contributed by atoms with van der Waals surface area (Å²) in [5.41, 5.74) is 5.86. The predicted octanol–water partition coefficient (Wildman–Crippen LogP) is 2.32. The van der Waals surface area contributed by atoms with E-state index < -0.39 is 10.0 Å². The first-order valence-corrected chi connectivity index (χ1v) is 8.85. The number of rotatable bonds is 8. The van der Waals surface area contributed by atoms with Crippen LogP contribution in [0.1, 0.15) is 26.7 Å². The van der Waals surface area contributed by atoms with Crippen LogP contribution in [0.25, 0.3) is 0 Å². The van der Waals surface area contributed by atoms with Crippen molar-refractivity contribution < 1.29 is 8.42 Å². The van der Waals surface area contributed by atoms with E-state index in [0.29, 0.717) is 12.6 Å². The number of anilines is 1. The molecule has 21 heavy (non-hydrogen) atoms. The van der Waals surface area contributed by atoms with Gasteiger partial charge in [-0.25, -0.2) is 13.1 Å². The van der Waals surface area contributed by atoms with Crippen LogP contribution in [0, 0.1) is 0 Å². The van der Waals surface area contributed by atoms with E-state index >= 15 is 0 Å². The molecule has 7 heteroatoms. The van der Waals surface area contributed by atoms with Gasteiger partial charge in [-0.15, -0.1) is 0 Å². The van der Waals surface area contributed by atoms with Crippen LogP contribution in [-0.2, 0) is 10.0 Å². The van der Waals surface area contributed by atoms with Crippen molar-refractivity contribution in [3.8, 4) is 0 Å². The molecule has 0 aliphatic carbocycles. The summed E-state index contributed by atoms with van der Waals surface area (Å²) in [6.07, 6.45) is 1.69. The summed E-state index contributed by atoms with van der Waals surface area (Å²) in [4.78, 5) is 2.19. The summed E-state index contributed by atoms with van der Waals surface area (Å²) in [6.45, 7) is 5.57. The quantitative estimate of drug-likeness (QED) is 0.565. The molecule has 0 aliphatic heterocycles. The zero-order chi connectivity index (χ0) is 16.0. The van der Waals surface area contributed by atoms with Gasteiger partial charge in [0.05, 0.1) is 10.7 Å². The first kappa shape index (κ1) is 18.2. The molecular weight excluding hydrogens is 310 g/mol. The molecule has 3 N–H and O–H groups in total. The highest BCUT2D eigenvalue weighted by Crippen LogP contribution is 2.26. The lowest BCUT2D eigenvalue weighted by atomic mass is 10.2. The maximum atomic E-state index is 12.2. The first-order chi connectivity index (χ1) is 9.75. The van der Waals surface area contributed by atoms with E-state index in [0.717, 1.165) is 19.4 Å². The second-order valence-electron chi connectivity index (χ2n) is 5.34. The van der Waals surface area contributed by atoms with Gasteiger partial charge in [-0.1, -0.05) is 17.7 Å². The molecule has 5 nitrogen and oxygen atoms in total. The Morgan fingerprint density at radius 3 is 2.57 bits per heavy atom. The summed E-state index contributed by atoms with van der Waals surface area (Å²) in [5.74, 6) is 0. The van der Waals surface area contributed by atoms with Gasteiger partial charge in [-0.3, -0.25) is 0 Å². The molecule has 0 fully saturated rings. The van der Waals surface area contributed by atoms with Crippen molar-refractivity contribution in [1.29, 1.82) is 0 Å². The number of nitrogens with zero attached hydrogens (tertiary/aromatic N) is 1. The molecule has 0 amide bonds. The topological polar surface area (TPSA) is 75.4 Å². The molecule has 0 unspecified atom stereocenters. The van der Waals surface area contributed by atoms with Gasteiger partial charge in [0.25, 0.3) is 0 Å². The van der Waals surface area contributed by atoms with Crippen molar-refractivity contribution in [2.75, 3.05) is 25.9 Å². The number of halogens is 1. The molecule has 0 aromatic heterocycles. The summed E-state index contributed by atoms with van der Waals surface area (Å²) in [6, 6.07) is 5.16. The molecule has 1 rings (SSSR count). The van der Waals surface area contributed by atoms with Crippen LogP contribution in [0.4, 0.5) is 5.69 Å². The summed E-state index contributed by atoms with van der Waals surface area (Å²) in [5, 5.41) is 0.141. The Morgan fingerprint density at radius 1 is 1.33 bits per heavy atom. The van der Waals surface area contributed by atoms with Crippen LogP contribution in [-0.4, -0.2) is 39.5 Å². The third kappa shape index (κ3) is 5.47. The monoisotopic (exact) mass is 333 g/mol. The largest absolute Gasteiger partial charge is 0.398 e. The Kier molecular flexibility index (Phi) is 6.93. The molecule has 0 radical (unpaired) electrons. The van der Waals surface area contributed by atoms with E-state index in [1.54, 1.807) is 6.07 Å². The van der Waals surface area contributed by atoms with Gasteiger partial charge in [0.2, 0.25) is 10.0 Å². The fourth-order valence-electron chi connectivity index (χ4n) is 1.83. The zero-order valence-corrected chi connectivity index (χ0v) is 14.3. The fourth-order valence-corrected chi connectivity index (χ4v) is 3.58. The fraction of sp³-hybridized carbons (Fsp3) is 0.571. The molecule has 0 saturated heterocycles. The number of unbranched alkanes of at least 4 members (excludes halogenated alkanes) is 1. The van der Waals surface area contributed by atoms with Gasteiger partial charge in [0.1, 0.15) is 4.90 Å². The predicted molar refractivity (Wildman–Crippen MR) is 88.1 cm³/mol. The molecule has 0 aliphatic rings. The maximum absolute atomic E-state index is 12.2. The van der Waals surface area contributed by atoms with E-state index in [9.17, 15) is 8.42 Å². The first-order valence-electron chi connectivity index (χ1n) is 6.99. The zero-order valence-electron chi connectivity index (χ0n) is 12.8. The van der Waals surface area contributed by atoms with Gasteiger partial charge in [-0.2, -0.15) is 0 Å². The summed E-state index contributed by atoms with van der Waals surface area (Å²) >= 11 is 5.92. The molecule has 1 aromatic rings. The van der Waals surface area contributed by atoms with E-state index in [-0.39, 0.29) is 15.6 Å². The van der Waals surface area contributed by atoms with E-state index in [4.69, 9.17) is 17.3 Å². The molecule has 1 aromatic carbocycles. The maximum Gasteiger partial charge on any atom is 0.244 e. The van der Waals surface area contributed by atoms with Crippen LogP contribution < -0.4 is 10.5 Å². The number of benzene rings is 1. The third-order valence-electron chi connectivity index (χ3n) is 3.38. The van der Waals surface area contributed by atoms with Crippen LogP contribution in [0.5, 0.6) is 0 Å². The number of hydrogen-bond acceptors (Lipinski definition) is 4. The van der Waals surface area contributed by atoms with E-state index in [2.05, 4.69) is 30.5 Å². The SMILES string of the molecule is CC(C)N(C)CCCCNS(=O)(=O)c1c(N)cccc1Cl. The molecule has 0 atom stereocenters. The lowest BCUT2D eigenvalue weighted by molar-refractivity contribution is 0.268. The lowest BCUT2D eigenvalue weighted by Crippen LogP contribution is -2.29. The van der Waals surface area contributed by atoms with E-state index in [1.165, 1.54) is 12.1 Å². The van der Waals surface area contributed by atoms with Crippen LogP contribution in [0.3, 0.4) is 0 Å². The summed E-state index contributed by atoms with van der Waals surface area (Å²) in [7, 11) is -1.60. The molecule has 0 spiro atoms. The van der Waals surface area contributed by atoms with Crippen molar-refractivity contribution >= 4 is 27.3 Å². The molecule has 0 heterocycles. The molecule has 120 valence electrons. The van der Waals surface area contributed by atoms with E-state index in [1.807, 2.05) is 0 Å². The second-order valence-corrected chi connectivity index (χ2v) is 7.45. The highest BCUT2D eigenvalue weighted by Gasteiger charge is 2.20. The van der Waals surface area contributed by atoms with Crippen molar-refractivity contribution in [2.45, 2.75) is 37.6 Å². The van der Waals surface area contributed by atoms with Crippen LogP contribution in [0.15, 0.2) is 23.1 Å². The highest BCUT2D eigenvalue weighted by atomic mass is 35.5. The van der Waals surface area contributed by atoms with Crippen LogP contribution >= 0.6 is 11.6 Å². The Balaban J connectivity index is 2.51. The number of nitrogens with two attached hydrogens (primary N) is 1.